The van der Waals surface area contributed by atoms with Crippen molar-refractivity contribution in [2.45, 2.75) is 31.2 Å². The van der Waals surface area contributed by atoms with E-state index in [0.29, 0.717) is 0 Å². The summed E-state index contributed by atoms with van der Waals surface area (Å²) in [6, 6.07) is 2.85. The van der Waals surface area contributed by atoms with Crippen LogP contribution in [0.1, 0.15) is 20.3 Å². The first-order valence-electron chi connectivity index (χ1n) is 4.60. The maximum atomic E-state index is 11.8. The minimum absolute atomic E-state index is 0.00620. The van der Waals surface area contributed by atoms with Crippen LogP contribution in [0.2, 0.25) is 5.15 Å². The number of hydrogen-bond donors (Lipinski definition) is 1. The Bertz CT molecular complexity index is 433. The van der Waals surface area contributed by atoms with Gasteiger partial charge in [-0.2, -0.15) is 0 Å². The number of sulfonamides is 1. The van der Waals surface area contributed by atoms with Crippen molar-refractivity contribution in [2.75, 3.05) is 0 Å². The maximum absolute atomic E-state index is 11.8. The van der Waals surface area contributed by atoms with E-state index in [1.165, 1.54) is 18.3 Å². The quantitative estimate of drug-likeness (QED) is 0.827. The Hall–Kier alpha value is -0.650. The zero-order valence-corrected chi connectivity index (χ0v) is 10.1. The lowest BCUT2D eigenvalue weighted by Gasteiger charge is -2.12. The largest absolute Gasteiger partial charge is 0.243 e. The molecule has 1 atom stereocenters. The third-order valence-corrected chi connectivity index (χ3v) is 4.02. The Kier molecular flexibility index (Phi) is 4.07. The summed E-state index contributed by atoms with van der Waals surface area (Å²) in [4.78, 5) is 3.75. The molecule has 0 unspecified atom stereocenters. The molecule has 0 saturated heterocycles. The zero-order valence-electron chi connectivity index (χ0n) is 8.57. The molecule has 0 spiro atoms. The summed E-state index contributed by atoms with van der Waals surface area (Å²) >= 11 is 5.71. The van der Waals surface area contributed by atoms with E-state index in [-0.39, 0.29) is 16.1 Å². The monoisotopic (exact) mass is 248 g/mol. The Balaban J connectivity index is 3.02. The van der Waals surface area contributed by atoms with E-state index in [1.54, 1.807) is 6.92 Å². The standard InChI is InChI=1S/C9H13ClN2O2S/c1-3-7(2)12-15(13,14)8-5-4-6-11-9(8)10/h4-7,12H,3H2,1-2H3/t7-/m1/s1. The third-order valence-electron chi connectivity index (χ3n) is 1.98. The lowest BCUT2D eigenvalue weighted by atomic mass is 10.3. The Morgan fingerprint density at radius 1 is 1.60 bits per heavy atom. The average molecular weight is 249 g/mol. The van der Waals surface area contributed by atoms with Gasteiger partial charge in [-0.3, -0.25) is 0 Å². The summed E-state index contributed by atoms with van der Waals surface area (Å²) < 4.78 is 26.1. The van der Waals surface area contributed by atoms with Crippen LogP contribution in [0, 0.1) is 0 Å². The van der Waals surface area contributed by atoms with Crippen LogP contribution >= 0.6 is 11.6 Å². The summed E-state index contributed by atoms with van der Waals surface area (Å²) in [6.07, 6.45) is 2.17. The van der Waals surface area contributed by atoms with Gasteiger partial charge in [-0.15, -0.1) is 0 Å². The fourth-order valence-electron chi connectivity index (χ4n) is 0.983. The molecule has 1 aromatic heterocycles. The predicted octanol–water partition coefficient (Wildman–Crippen LogP) is 1.81. The molecular formula is C9H13ClN2O2S. The molecule has 1 heterocycles. The highest BCUT2D eigenvalue weighted by molar-refractivity contribution is 7.89. The van der Waals surface area contributed by atoms with Crippen LogP contribution in [0.25, 0.3) is 0 Å². The highest BCUT2D eigenvalue weighted by atomic mass is 35.5. The molecular weight excluding hydrogens is 236 g/mol. The van der Waals surface area contributed by atoms with E-state index in [9.17, 15) is 8.42 Å². The van der Waals surface area contributed by atoms with Crippen LogP contribution in [0.4, 0.5) is 0 Å². The van der Waals surface area contributed by atoms with Crippen molar-refractivity contribution in [1.29, 1.82) is 0 Å². The number of hydrogen-bond acceptors (Lipinski definition) is 3. The fourth-order valence-corrected chi connectivity index (χ4v) is 2.76. The molecule has 0 bridgehead atoms. The van der Waals surface area contributed by atoms with Crippen LogP contribution in [-0.2, 0) is 10.0 Å². The molecule has 0 aliphatic rings. The minimum Gasteiger partial charge on any atom is -0.243 e. The minimum atomic E-state index is -3.55. The van der Waals surface area contributed by atoms with E-state index < -0.39 is 10.0 Å². The molecule has 84 valence electrons. The number of pyridine rings is 1. The van der Waals surface area contributed by atoms with Gasteiger partial charge in [0.15, 0.2) is 0 Å². The normalized spacial score (nSPS) is 13.8. The van der Waals surface area contributed by atoms with Crippen molar-refractivity contribution >= 4 is 21.6 Å². The lowest BCUT2D eigenvalue weighted by Crippen LogP contribution is -2.32. The van der Waals surface area contributed by atoms with Crippen LogP contribution in [-0.4, -0.2) is 19.4 Å². The highest BCUT2D eigenvalue weighted by Gasteiger charge is 2.19. The van der Waals surface area contributed by atoms with Crippen LogP contribution in [0.15, 0.2) is 23.2 Å². The van der Waals surface area contributed by atoms with Crippen LogP contribution in [0.5, 0.6) is 0 Å². The van der Waals surface area contributed by atoms with Crippen molar-refractivity contribution in [3.05, 3.63) is 23.5 Å². The predicted molar refractivity (Wildman–Crippen MR) is 59.3 cm³/mol. The van der Waals surface area contributed by atoms with Crippen LogP contribution in [0.3, 0.4) is 0 Å². The van der Waals surface area contributed by atoms with Gasteiger partial charge in [0, 0.05) is 12.2 Å². The molecule has 15 heavy (non-hydrogen) atoms. The van der Waals surface area contributed by atoms with E-state index in [4.69, 9.17) is 11.6 Å². The number of halogens is 1. The third kappa shape index (κ3) is 3.15. The van der Waals surface area contributed by atoms with Gasteiger partial charge in [-0.1, -0.05) is 18.5 Å². The first-order valence-corrected chi connectivity index (χ1v) is 6.46. The molecule has 1 rings (SSSR count). The molecule has 0 amide bonds. The zero-order chi connectivity index (χ0) is 11.5. The molecule has 0 aliphatic carbocycles. The summed E-state index contributed by atoms with van der Waals surface area (Å²) in [6.45, 7) is 3.69. The van der Waals surface area contributed by atoms with E-state index >= 15 is 0 Å². The molecule has 0 fully saturated rings. The number of nitrogens with zero attached hydrogens (tertiary/aromatic N) is 1. The van der Waals surface area contributed by atoms with Gasteiger partial charge >= 0.3 is 0 Å². The van der Waals surface area contributed by atoms with Gasteiger partial charge in [0.1, 0.15) is 10.0 Å². The molecule has 1 N–H and O–H groups in total. The second-order valence-electron chi connectivity index (χ2n) is 3.22. The number of rotatable bonds is 4. The topological polar surface area (TPSA) is 59.1 Å². The summed E-state index contributed by atoms with van der Waals surface area (Å²) in [5.74, 6) is 0. The van der Waals surface area contributed by atoms with E-state index in [1.807, 2.05) is 6.92 Å². The lowest BCUT2D eigenvalue weighted by molar-refractivity contribution is 0.555. The molecule has 1 aromatic rings. The summed E-state index contributed by atoms with van der Waals surface area (Å²) in [7, 11) is -3.55. The Morgan fingerprint density at radius 2 is 2.27 bits per heavy atom. The second kappa shape index (κ2) is 4.92. The molecule has 0 aromatic carbocycles. The first kappa shape index (κ1) is 12.4. The van der Waals surface area contributed by atoms with Gasteiger partial charge in [0.2, 0.25) is 10.0 Å². The van der Waals surface area contributed by atoms with Gasteiger partial charge < -0.3 is 0 Å². The smallest absolute Gasteiger partial charge is 0.243 e. The summed E-state index contributed by atoms with van der Waals surface area (Å²) in [5.41, 5.74) is 0. The Morgan fingerprint density at radius 3 is 2.80 bits per heavy atom. The maximum Gasteiger partial charge on any atom is 0.243 e. The van der Waals surface area contributed by atoms with E-state index in [2.05, 4.69) is 9.71 Å². The summed E-state index contributed by atoms with van der Waals surface area (Å²) in [5, 5.41) is -0.00620. The van der Waals surface area contributed by atoms with Crippen molar-refractivity contribution in [3.63, 3.8) is 0 Å². The molecule has 4 nitrogen and oxygen atoms in total. The van der Waals surface area contributed by atoms with Crippen LogP contribution < -0.4 is 4.72 Å². The van der Waals surface area contributed by atoms with Crippen molar-refractivity contribution < 1.29 is 8.42 Å². The average Bonchev–Trinajstić information content (AvgIpc) is 2.17. The van der Waals surface area contributed by atoms with Crippen molar-refractivity contribution in [2.24, 2.45) is 0 Å². The van der Waals surface area contributed by atoms with Gasteiger partial charge in [0.05, 0.1) is 0 Å². The molecule has 0 saturated carbocycles. The van der Waals surface area contributed by atoms with Gasteiger partial charge in [-0.05, 0) is 25.5 Å². The highest BCUT2D eigenvalue weighted by Crippen LogP contribution is 2.17. The Labute approximate surface area is 94.7 Å². The molecule has 6 heteroatoms. The van der Waals surface area contributed by atoms with Gasteiger partial charge in [-0.25, -0.2) is 18.1 Å². The van der Waals surface area contributed by atoms with Crippen molar-refractivity contribution in [3.8, 4) is 0 Å². The molecule has 0 aliphatic heterocycles. The fraction of sp³-hybridized carbons (Fsp3) is 0.444. The number of nitrogens with one attached hydrogen (secondary N) is 1. The number of aromatic nitrogens is 1. The van der Waals surface area contributed by atoms with Crippen molar-refractivity contribution in [1.82, 2.24) is 9.71 Å². The van der Waals surface area contributed by atoms with E-state index in [0.717, 1.165) is 6.42 Å². The molecule has 0 radical (unpaired) electrons. The first-order chi connectivity index (χ1) is 6.97. The second-order valence-corrected chi connectivity index (χ2v) is 5.26. The van der Waals surface area contributed by atoms with Gasteiger partial charge in [0.25, 0.3) is 0 Å². The SMILES string of the molecule is CC[C@@H](C)NS(=O)(=O)c1cccnc1Cl.